The molecular weight excluding hydrogens is 413 g/mol. The van der Waals surface area contributed by atoms with Gasteiger partial charge in [0.1, 0.15) is 11.9 Å². The average molecular weight is 428 g/mol. The number of sulfonamides is 1. The number of nitrogens with zero attached hydrogens (tertiary/aromatic N) is 1. The van der Waals surface area contributed by atoms with E-state index in [2.05, 4.69) is 14.8 Å². The van der Waals surface area contributed by atoms with E-state index in [0.717, 1.165) is 28.6 Å². The van der Waals surface area contributed by atoms with Gasteiger partial charge in [0, 0.05) is 18.3 Å². The van der Waals surface area contributed by atoms with E-state index in [1.54, 1.807) is 0 Å². The van der Waals surface area contributed by atoms with Crippen LogP contribution in [0.25, 0.3) is 0 Å². The van der Waals surface area contributed by atoms with Gasteiger partial charge in [-0.2, -0.15) is 4.31 Å². The molecule has 0 aliphatic carbocycles. The summed E-state index contributed by atoms with van der Waals surface area (Å²) in [5.74, 6) is -1.60. The molecule has 154 valence electrons. The molecule has 0 aromatic heterocycles. The molecule has 11 heteroatoms. The first-order chi connectivity index (χ1) is 13.7. The molecule has 0 radical (unpaired) electrons. The number of hydrogen-bond acceptors (Lipinski definition) is 5. The van der Waals surface area contributed by atoms with Gasteiger partial charge in [0.2, 0.25) is 15.9 Å². The molecule has 1 amide bonds. The first kappa shape index (κ1) is 19.5. The second kappa shape index (κ2) is 6.92. The lowest BCUT2D eigenvalue weighted by Gasteiger charge is -2.23. The van der Waals surface area contributed by atoms with Crippen LogP contribution in [-0.4, -0.2) is 37.5 Å². The lowest BCUT2D eigenvalue weighted by Crippen LogP contribution is -2.43. The number of rotatable bonds is 4. The van der Waals surface area contributed by atoms with Crippen molar-refractivity contribution in [2.75, 3.05) is 11.9 Å². The molecule has 4 rings (SSSR count). The molecule has 29 heavy (non-hydrogen) atoms. The van der Waals surface area contributed by atoms with Gasteiger partial charge in [-0.3, -0.25) is 4.79 Å². The normalized spacial score (nSPS) is 20.6. The van der Waals surface area contributed by atoms with Crippen LogP contribution >= 0.6 is 0 Å². The molecule has 2 aromatic carbocycles. The molecule has 1 fully saturated rings. The van der Waals surface area contributed by atoms with E-state index in [1.165, 1.54) is 18.2 Å². The van der Waals surface area contributed by atoms with E-state index in [-0.39, 0.29) is 35.0 Å². The van der Waals surface area contributed by atoms with Crippen LogP contribution in [0.1, 0.15) is 12.8 Å². The lowest BCUT2D eigenvalue weighted by molar-refractivity contribution is -0.286. The minimum absolute atomic E-state index is 0.121. The maximum absolute atomic E-state index is 13.1. The third-order valence-corrected chi connectivity index (χ3v) is 6.52. The first-order valence-corrected chi connectivity index (χ1v) is 10.1. The molecule has 2 aromatic rings. The number of carbonyl (C=O) groups excluding carboxylic acids is 1. The molecule has 1 atom stereocenters. The predicted octanol–water partition coefficient (Wildman–Crippen LogP) is 2.94. The fourth-order valence-electron chi connectivity index (χ4n) is 3.28. The molecule has 0 unspecified atom stereocenters. The third-order valence-electron chi connectivity index (χ3n) is 4.60. The Hall–Kier alpha value is -2.79. The van der Waals surface area contributed by atoms with Gasteiger partial charge in [0.25, 0.3) is 0 Å². The zero-order valence-electron chi connectivity index (χ0n) is 14.8. The summed E-state index contributed by atoms with van der Waals surface area (Å²) in [6.07, 6.45) is -3.03. The number of amides is 1. The van der Waals surface area contributed by atoms with Crippen molar-refractivity contribution in [3.63, 3.8) is 0 Å². The van der Waals surface area contributed by atoms with Crippen molar-refractivity contribution in [1.82, 2.24) is 4.31 Å². The van der Waals surface area contributed by atoms with Crippen molar-refractivity contribution >= 4 is 21.6 Å². The van der Waals surface area contributed by atoms with Gasteiger partial charge in [0.05, 0.1) is 4.90 Å². The Balaban J connectivity index is 1.52. The standard InChI is InChI=1S/C18H15F3N2O5S/c19-11-3-6-13(7-4-11)29(25,26)23-9-1-2-14(23)17(24)22-12-5-8-15-16(10-12)28-18(20,21)27-15/h3-8,10,14H,1-2,9H2,(H,22,24)/t14-/m0/s1. The second-order valence-electron chi connectivity index (χ2n) is 6.55. The highest BCUT2D eigenvalue weighted by Gasteiger charge is 2.44. The maximum Gasteiger partial charge on any atom is 0.586 e. The highest BCUT2D eigenvalue weighted by Crippen LogP contribution is 2.42. The Morgan fingerprint density at radius 3 is 2.52 bits per heavy atom. The van der Waals surface area contributed by atoms with Crippen molar-refractivity contribution in [3.05, 3.63) is 48.3 Å². The van der Waals surface area contributed by atoms with Crippen LogP contribution in [0.4, 0.5) is 18.9 Å². The third kappa shape index (κ3) is 3.75. The summed E-state index contributed by atoms with van der Waals surface area (Å²) in [5, 5.41) is 2.52. The number of anilines is 1. The van der Waals surface area contributed by atoms with Crippen molar-refractivity contribution in [2.45, 2.75) is 30.1 Å². The maximum atomic E-state index is 13.1. The Morgan fingerprint density at radius 1 is 1.10 bits per heavy atom. The molecule has 2 heterocycles. The van der Waals surface area contributed by atoms with E-state index < -0.39 is 34.1 Å². The topological polar surface area (TPSA) is 84.9 Å². The SMILES string of the molecule is O=C(Nc1ccc2c(c1)OC(F)(F)O2)[C@@H]1CCCN1S(=O)(=O)c1ccc(F)cc1. The van der Waals surface area contributed by atoms with E-state index in [1.807, 2.05) is 0 Å². The summed E-state index contributed by atoms with van der Waals surface area (Å²) >= 11 is 0. The number of carbonyl (C=O) groups is 1. The fraction of sp³-hybridized carbons (Fsp3) is 0.278. The molecular formula is C18H15F3N2O5S. The van der Waals surface area contributed by atoms with Gasteiger partial charge in [-0.05, 0) is 49.2 Å². The van der Waals surface area contributed by atoms with E-state index >= 15 is 0 Å². The summed E-state index contributed by atoms with van der Waals surface area (Å²) in [6.45, 7) is 0.130. The number of alkyl halides is 2. The van der Waals surface area contributed by atoms with Crippen LogP contribution in [0, 0.1) is 5.82 Å². The Bertz CT molecular complexity index is 1060. The molecule has 2 aliphatic rings. The average Bonchev–Trinajstić information content (AvgIpc) is 3.25. The van der Waals surface area contributed by atoms with Crippen molar-refractivity contribution in [3.8, 4) is 11.5 Å². The number of hydrogen-bond donors (Lipinski definition) is 1. The van der Waals surface area contributed by atoms with Gasteiger partial charge in [-0.1, -0.05) is 0 Å². The van der Waals surface area contributed by atoms with Gasteiger partial charge in [-0.15, -0.1) is 8.78 Å². The molecule has 1 saturated heterocycles. The van der Waals surface area contributed by atoms with E-state index in [0.29, 0.717) is 6.42 Å². The van der Waals surface area contributed by atoms with Gasteiger partial charge in [0.15, 0.2) is 11.5 Å². The molecule has 7 nitrogen and oxygen atoms in total. The Labute approximate surface area is 164 Å². The second-order valence-corrected chi connectivity index (χ2v) is 8.44. The molecule has 0 bridgehead atoms. The minimum atomic E-state index is -4.00. The van der Waals surface area contributed by atoms with E-state index in [4.69, 9.17) is 0 Å². The number of fused-ring (bicyclic) bond motifs is 1. The van der Waals surface area contributed by atoms with Gasteiger partial charge < -0.3 is 14.8 Å². The summed E-state index contributed by atoms with van der Waals surface area (Å²) in [7, 11) is -4.00. The first-order valence-electron chi connectivity index (χ1n) is 8.64. The summed E-state index contributed by atoms with van der Waals surface area (Å²) in [6, 6.07) is 7.06. The largest absolute Gasteiger partial charge is 0.586 e. The van der Waals surface area contributed by atoms with Crippen LogP contribution in [0.3, 0.4) is 0 Å². The van der Waals surface area contributed by atoms with Crippen LogP contribution < -0.4 is 14.8 Å². The highest BCUT2D eigenvalue weighted by molar-refractivity contribution is 7.89. The predicted molar refractivity (Wildman–Crippen MR) is 94.6 cm³/mol. The molecule has 0 saturated carbocycles. The van der Waals surface area contributed by atoms with Crippen LogP contribution in [-0.2, 0) is 14.8 Å². The number of halogens is 3. The molecule has 1 N–H and O–H groups in total. The van der Waals surface area contributed by atoms with E-state index in [9.17, 15) is 26.4 Å². The zero-order chi connectivity index (χ0) is 20.8. The van der Waals surface area contributed by atoms with Crippen LogP contribution in [0.15, 0.2) is 47.4 Å². The van der Waals surface area contributed by atoms with Crippen molar-refractivity contribution in [1.29, 1.82) is 0 Å². The Morgan fingerprint density at radius 2 is 1.79 bits per heavy atom. The summed E-state index contributed by atoms with van der Waals surface area (Å²) < 4.78 is 74.7. The number of benzene rings is 2. The smallest absolute Gasteiger partial charge is 0.395 e. The molecule has 2 aliphatic heterocycles. The Kier molecular flexibility index (Phi) is 4.66. The van der Waals surface area contributed by atoms with Crippen molar-refractivity contribution < 1.29 is 35.9 Å². The highest BCUT2D eigenvalue weighted by atomic mass is 32.2. The summed E-state index contributed by atoms with van der Waals surface area (Å²) in [4.78, 5) is 12.6. The summed E-state index contributed by atoms with van der Waals surface area (Å²) in [5.41, 5.74) is 0.154. The van der Waals surface area contributed by atoms with Crippen molar-refractivity contribution in [2.24, 2.45) is 0 Å². The number of ether oxygens (including phenoxy) is 2. The minimum Gasteiger partial charge on any atom is -0.395 e. The van der Waals surface area contributed by atoms with Gasteiger partial charge >= 0.3 is 6.29 Å². The van der Waals surface area contributed by atoms with Crippen LogP contribution in [0.2, 0.25) is 0 Å². The zero-order valence-corrected chi connectivity index (χ0v) is 15.6. The number of nitrogens with one attached hydrogen (secondary N) is 1. The molecule has 0 spiro atoms. The monoisotopic (exact) mass is 428 g/mol. The van der Waals surface area contributed by atoms with Gasteiger partial charge in [-0.25, -0.2) is 12.8 Å². The lowest BCUT2D eigenvalue weighted by atomic mass is 10.2. The fourth-order valence-corrected chi connectivity index (χ4v) is 4.94. The van der Waals surface area contributed by atoms with Crippen LogP contribution in [0.5, 0.6) is 11.5 Å². The quantitative estimate of drug-likeness (QED) is 0.810.